The molecule has 0 aliphatic heterocycles. The molecule has 2 aromatic carbocycles. The standard InChI is InChI=1S/C17H18O/c1-17(2)11-16(18)14-10-13(8-9-15(14)17)12-6-4-3-5-7-12/h3-10,16,18H,11H2,1-2H3/t16-/m0/s1. The minimum absolute atomic E-state index is 0.0873. The van der Waals surface area contributed by atoms with Crippen molar-refractivity contribution in [1.29, 1.82) is 0 Å². The smallest absolute Gasteiger partial charge is 0.0801 e. The molecule has 0 aromatic heterocycles. The number of rotatable bonds is 1. The van der Waals surface area contributed by atoms with Crippen LogP contribution in [0.1, 0.15) is 37.5 Å². The largest absolute Gasteiger partial charge is 0.388 e. The van der Waals surface area contributed by atoms with E-state index in [0.717, 1.165) is 12.0 Å². The molecule has 0 amide bonds. The first-order valence-electron chi connectivity index (χ1n) is 6.46. The Hall–Kier alpha value is -1.60. The van der Waals surface area contributed by atoms with Crippen molar-refractivity contribution in [2.24, 2.45) is 0 Å². The Balaban J connectivity index is 2.11. The molecule has 2 aromatic rings. The fourth-order valence-corrected chi connectivity index (χ4v) is 2.97. The van der Waals surface area contributed by atoms with Gasteiger partial charge in [-0.1, -0.05) is 56.3 Å². The average Bonchev–Trinajstić information content (AvgIpc) is 2.61. The molecule has 0 heterocycles. The molecular weight excluding hydrogens is 220 g/mol. The third kappa shape index (κ3) is 1.75. The van der Waals surface area contributed by atoms with Crippen molar-refractivity contribution in [3.8, 4) is 11.1 Å². The number of aliphatic hydroxyl groups is 1. The molecule has 1 nitrogen and oxygen atoms in total. The Kier molecular flexibility index (Phi) is 2.53. The first-order valence-corrected chi connectivity index (χ1v) is 6.46. The van der Waals surface area contributed by atoms with Crippen LogP contribution in [0.5, 0.6) is 0 Å². The molecule has 1 aliphatic carbocycles. The summed E-state index contributed by atoms with van der Waals surface area (Å²) in [4.78, 5) is 0. The van der Waals surface area contributed by atoms with Gasteiger partial charge in [0.15, 0.2) is 0 Å². The van der Waals surface area contributed by atoms with E-state index < -0.39 is 0 Å². The van der Waals surface area contributed by atoms with Gasteiger partial charge in [0.25, 0.3) is 0 Å². The summed E-state index contributed by atoms with van der Waals surface area (Å²) in [5.74, 6) is 0. The van der Waals surface area contributed by atoms with Crippen molar-refractivity contribution in [1.82, 2.24) is 0 Å². The monoisotopic (exact) mass is 238 g/mol. The summed E-state index contributed by atoms with van der Waals surface area (Å²) in [6.45, 7) is 4.40. The van der Waals surface area contributed by atoms with Crippen LogP contribution < -0.4 is 0 Å². The van der Waals surface area contributed by atoms with Gasteiger partial charge in [0.2, 0.25) is 0 Å². The fraction of sp³-hybridized carbons (Fsp3) is 0.294. The maximum absolute atomic E-state index is 10.2. The predicted molar refractivity (Wildman–Crippen MR) is 74.5 cm³/mol. The summed E-state index contributed by atoms with van der Waals surface area (Å²) < 4.78 is 0. The van der Waals surface area contributed by atoms with Crippen molar-refractivity contribution in [2.75, 3.05) is 0 Å². The van der Waals surface area contributed by atoms with Crippen LogP contribution in [0.15, 0.2) is 48.5 Å². The molecule has 0 saturated carbocycles. The van der Waals surface area contributed by atoms with E-state index in [2.05, 4.69) is 44.2 Å². The SMILES string of the molecule is CC1(C)C[C@H](O)c2cc(-c3ccccc3)ccc21. The molecule has 0 unspecified atom stereocenters. The van der Waals surface area contributed by atoms with Gasteiger partial charge < -0.3 is 5.11 Å². The van der Waals surface area contributed by atoms with Gasteiger partial charge in [-0.25, -0.2) is 0 Å². The molecule has 3 rings (SSSR count). The van der Waals surface area contributed by atoms with Gasteiger partial charge in [0, 0.05) is 0 Å². The highest BCUT2D eigenvalue weighted by atomic mass is 16.3. The van der Waals surface area contributed by atoms with E-state index in [1.54, 1.807) is 0 Å². The molecule has 0 bridgehead atoms. The van der Waals surface area contributed by atoms with Crippen molar-refractivity contribution < 1.29 is 5.11 Å². The highest BCUT2D eigenvalue weighted by Gasteiger charge is 2.35. The van der Waals surface area contributed by atoms with E-state index in [0.29, 0.717) is 0 Å². The van der Waals surface area contributed by atoms with Crippen molar-refractivity contribution in [3.05, 3.63) is 59.7 Å². The van der Waals surface area contributed by atoms with Gasteiger partial charge in [-0.3, -0.25) is 0 Å². The Labute approximate surface area is 108 Å². The summed E-state index contributed by atoms with van der Waals surface area (Å²) >= 11 is 0. The van der Waals surface area contributed by atoms with E-state index in [1.807, 2.05) is 18.2 Å². The second-order valence-corrected chi connectivity index (χ2v) is 5.77. The van der Waals surface area contributed by atoms with Crippen LogP contribution in [0.25, 0.3) is 11.1 Å². The maximum Gasteiger partial charge on any atom is 0.0801 e. The van der Waals surface area contributed by atoms with Crippen LogP contribution in [-0.2, 0) is 5.41 Å². The van der Waals surface area contributed by atoms with Crippen LogP contribution in [0.4, 0.5) is 0 Å². The van der Waals surface area contributed by atoms with Crippen LogP contribution >= 0.6 is 0 Å². The van der Waals surface area contributed by atoms with Gasteiger partial charge >= 0.3 is 0 Å². The zero-order valence-corrected chi connectivity index (χ0v) is 10.9. The van der Waals surface area contributed by atoms with Crippen LogP contribution in [-0.4, -0.2) is 5.11 Å². The number of hydrogen-bond acceptors (Lipinski definition) is 1. The topological polar surface area (TPSA) is 20.2 Å². The van der Waals surface area contributed by atoms with Gasteiger partial charge in [0.1, 0.15) is 0 Å². The van der Waals surface area contributed by atoms with Crippen LogP contribution in [0.3, 0.4) is 0 Å². The average molecular weight is 238 g/mol. The maximum atomic E-state index is 10.2. The van der Waals surface area contributed by atoms with Crippen molar-refractivity contribution >= 4 is 0 Å². The predicted octanol–water partition coefficient (Wildman–Crippen LogP) is 4.07. The molecule has 92 valence electrons. The number of fused-ring (bicyclic) bond motifs is 1. The van der Waals surface area contributed by atoms with Gasteiger partial charge in [-0.2, -0.15) is 0 Å². The number of benzene rings is 2. The van der Waals surface area contributed by atoms with E-state index in [1.165, 1.54) is 16.7 Å². The zero-order valence-electron chi connectivity index (χ0n) is 10.9. The summed E-state index contributed by atoms with van der Waals surface area (Å²) in [7, 11) is 0. The van der Waals surface area contributed by atoms with Gasteiger partial charge in [-0.15, -0.1) is 0 Å². The first-order chi connectivity index (χ1) is 8.58. The lowest BCUT2D eigenvalue weighted by Gasteiger charge is -2.18. The lowest BCUT2D eigenvalue weighted by Crippen LogP contribution is -2.12. The zero-order chi connectivity index (χ0) is 12.8. The van der Waals surface area contributed by atoms with E-state index >= 15 is 0 Å². The van der Waals surface area contributed by atoms with E-state index in [9.17, 15) is 5.11 Å². The number of hydrogen-bond donors (Lipinski definition) is 1. The minimum atomic E-state index is -0.321. The second-order valence-electron chi connectivity index (χ2n) is 5.77. The molecule has 0 spiro atoms. The quantitative estimate of drug-likeness (QED) is 0.794. The second kappa shape index (κ2) is 3.96. The highest BCUT2D eigenvalue weighted by Crippen LogP contribution is 2.45. The van der Waals surface area contributed by atoms with Crippen molar-refractivity contribution in [2.45, 2.75) is 31.8 Å². The summed E-state index contributed by atoms with van der Waals surface area (Å²) in [6.07, 6.45) is 0.499. The van der Waals surface area contributed by atoms with Gasteiger partial charge in [-0.05, 0) is 40.2 Å². The normalized spacial score (nSPS) is 20.7. The molecule has 0 fully saturated rings. The molecule has 0 saturated heterocycles. The van der Waals surface area contributed by atoms with Gasteiger partial charge in [0.05, 0.1) is 6.10 Å². The Morgan fingerprint density at radius 3 is 2.44 bits per heavy atom. The molecule has 0 radical (unpaired) electrons. The minimum Gasteiger partial charge on any atom is -0.388 e. The fourth-order valence-electron chi connectivity index (χ4n) is 2.97. The summed E-state index contributed by atoms with van der Waals surface area (Å²) in [6, 6.07) is 16.8. The third-order valence-corrected chi connectivity index (χ3v) is 3.95. The number of aliphatic hydroxyl groups excluding tert-OH is 1. The van der Waals surface area contributed by atoms with Crippen LogP contribution in [0.2, 0.25) is 0 Å². The third-order valence-electron chi connectivity index (χ3n) is 3.95. The van der Waals surface area contributed by atoms with Crippen molar-refractivity contribution in [3.63, 3.8) is 0 Å². The van der Waals surface area contributed by atoms with Crippen LogP contribution in [0, 0.1) is 0 Å². The molecule has 1 N–H and O–H groups in total. The Morgan fingerprint density at radius 1 is 1.00 bits per heavy atom. The van der Waals surface area contributed by atoms with E-state index in [-0.39, 0.29) is 11.5 Å². The van der Waals surface area contributed by atoms with E-state index in [4.69, 9.17) is 0 Å². The molecule has 1 atom stereocenters. The first kappa shape index (κ1) is 11.5. The highest BCUT2D eigenvalue weighted by molar-refractivity contribution is 5.66. The summed E-state index contributed by atoms with van der Waals surface area (Å²) in [5.41, 5.74) is 4.86. The lowest BCUT2D eigenvalue weighted by molar-refractivity contribution is 0.161. The molecule has 1 heteroatoms. The summed E-state index contributed by atoms with van der Waals surface area (Å²) in [5, 5.41) is 10.2. The molecule has 1 aliphatic rings. The Morgan fingerprint density at radius 2 is 1.72 bits per heavy atom. The molecular formula is C17H18O. The lowest BCUT2D eigenvalue weighted by atomic mass is 9.86. The molecule has 18 heavy (non-hydrogen) atoms. The Bertz CT molecular complexity index is 569.